The van der Waals surface area contributed by atoms with Crippen molar-refractivity contribution >= 4 is 10.8 Å². The fourth-order valence-electron chi connectivity index (χ4n) is 2.38. The number of nitrogens with zero attached hydrogens (tertiary/aromatic N) is 1. The van der Waals surface area contributed by atoms with E-state index in [-0.39, 0.29) is 0 Å². The Labute approximate surface area is 117 Å². The van der Waals surface area contributed by atoms with Crippen LogP contribution in [0.25, 0.3) is 10.8 Å². The quantitative estimate of drug-likeness (QED) is 0.747. The minimum atomic E-state index is 0.802. The van der Waals surface area contributed by atoms with Crippen LogP contribution >= 0.6 is 0 Å². The molecule has 20 heavy (non-hydrogen) atoms. The van der Waals surface area contributed by atoms with Gasteiger partial charge in [-0.25, -0.2) is 0 Å². The predicted octanol–water partition coefficient (Wildman–Crippen LogP) is 2.86. The van der Waals surface area contributed by atoms with Crippen LogP contribution in [0.5, 0.6) is 5.75 Å². The van der Waals surface area contributed by atoms with E-state index in [0.29, 0.717) is 0 Å². The molecule has 0 unspecified atom stereocenters. The molecule has 0 radical (unpaired) electrons. The number of rotatable bonds is 5. The number of hydrogen-bond donors (Lipinski definition) is 2. The maximum Gasteiger partial charge on any atom is 0.126 e. The van der Waals surface area contributed by atoms with Crippen LogP contribution in [0.1, 0.15) is 11.1 Å². The summed E-state index contributed by atoms with van der Waals surface area (Å²) >= 11 is 0. The van der Waals surface area contributed by atoms with Gasteiger partial charge in [0.1, 0.15) is 5.75 Å². The van der Waals surface area contributed by atoms with Crippen molar-refractivity contribution in [3.05, 3.63) is 59.9 Å². The van der Waals surface area contributed by atoms with Crippen molar-refractivity contribution < 1.29 is 4.74 Å². The lowest BCUT2D eigenvalue weighted by Gasteiger charge is -2.11. The Morgan fingerprint density at radius 2 is 1.95 bits per heavy atom. The second-order valence-corrected chi connectivity index (χ2v) is 4.68. The lowest BCUT2D eigenvalue weighted by Crippen LogP contribution is -2.12. The van der Waals surface area contributed by atoms with Crippen LogP contribution in [0.15, 0.2) is 48.8 Å². The van der Waals surface area contributed by atoms with E-state index < -0.39 is 0 Å². The lowest BCUT2D eigenvalue weighted by molar-refractivity contribution is 0.419. The Morgan fingerprint density at radius 3 is 2.70 bits per heavy atom. The summed E-state index contributed by atoms with van der Waals surface area (Å²) < 4.78 is 5.41. The zero-order chi connectivity index (χ0) is 13.8. The molecule has 0 fully saturated rings. The average molecular weight is 267 g/mol. The Balaban J connectivity index is 1.81. The van der Waals surface area contributed by atoms with Gasteiger partial charge in [0.2, 0.25) is 0 Å². The van der Waals surface area contributed by atoms with Crippen LogP contribution in [0.3, 0.4) is 0 Å². The molecular weight excluding hydrogens is 250 g/mol. The first kappa shape index (κ1) is 12.7. The second kappa shape index (κ2) is 5.75. The van der Waals surface area contributed by atoms with Crippen molar-refractivity contribution in [2.24, 2.45) is 0 Å². The maximum absolute atomic E-state index is 5.41. The van der Waals surface area contributed by atoms with Gasteiger partial charge in [0, 0.05) is 30.2 Å². The van der Waals surface area contributed by atoms with E-state index in [0.717, 1.165) is 29.8 Å². The highest BCUT2D eigenvalue weighted by atomic mass is 16.5. The monoisotopic (exact) mass is 267 g/mol. The highest BCUT2D eigenvalue weighted by Gasteiger charge is 2.05. The molecule has 4 nitrogen and oxygen atoms in total. The summed E-state index contributed by atoms with van der Waals surface area (Å²) in [6.45, 7) is 1.62. The van der Waals surface area contributed by atoms with Crippen LogP contribution in [0, 0.1) is 0 Å². The van der Waals surface area contributed by atoms with E-state index in [9.17, 15) is 0 Å². The van der Waals surface area contributed by atoms with Gasteiger partial charge >= 0.3 is 0 Å². The van der Waals surface area contributed by atoms with E-state index in [1.165, 1.54) is 10.9 Å². The van der Waals surface area contributed by atoms with Crippen molar-refractivity contribution in [3.63, 3.8) is 0 Å². The first-order valence-corrected chi connectivity index (χ1v) is 6.61. The molecular formula is C16H17N3O. The minimum absolute atomic E-state index is 0.802. The van der Waals surface area contributed by atoms with Gasteiger partial charge < -0.3 is 10.1 Å². The number of aromatic amines is 1. The fourth-order valence-corrected chi connectivity index (χ4v) is 2.38. The summed E-state index contributed by atoms with van der Waals surface area (Å²) in [6, 6.07) is 12.5. The number of methoxy groups -OCH3 is 1. The Morgan fingerprint density at radius 1 is 1.10 bits per heavy atom. The third-order valence-electron chi connectivity index (χ3n) is 3.39. The molecule has 3 aromatic rings. The number of hydrogen-bond acceptors (Lipinski definition) is 3. The van der Waals surface area contributed by atoms with Crippen molar-refractivity contribution in [3.8, 4) is 5.75 Å². The summed E-state index contributed by atoms with van der Waals surface area (Å²) in [6.07, 6.45) is 3.73. The number of nitrogens with one attached hydrogen (secondary N) is 2. The van der Waals surface area contributed by atoms with Gasteiger partial charge in [-0.05, 0) is 17.0 Å². The molecule has 1 aromatic heterocycles. The highest BCUT2D eigenvalue weighted by molar-refractivity contribution is 5.91. The van der Waals surface area contributed by atoms with E-state index in [2.05, 4.69) is 39.8 Å². The molecule has 0 spiro atoms. The molecule has 2 aromatic carbocycles. The summed E-state index contributed by atoms with van der Waals surface area (Å²) in [5.74, 6) is 0.916. The minimum Gasteiger partial charge on any atom is -0.496 e. The molecule has 0 amide bonds. The van der Waals surface area contributed by atoms with Gasteiger partial charge in [-0.15, -0.1) is 0 Å². The van der Waals surface area contributed by atoms with Crippen LogP contribution in [-0.4, -0.2) is 17.3 Å². The summed E-state index contributed by atoms with van der Waals surface area (Å²) in [4.78, 5) is 0. The normalized spacial score (nSPS) is 10.8. The summed E-state index contributed by atoms with van der Waals surface area (Å²) in [5, 5.41) is 12.6. The van der Waals surface area contributed by atoms with E-state index in [1.807, 2.05) is 24.5 Å². The van der Waals surface area contributed by atoms with Crippen molar-refractivity contribution in [1.29, 1.82) is 0 Å². The Hall–Kier alpha value is -2.33. The number of aromatic nitrogens is 2. The molecule has 0 saturated carbocycles. The largest absolute Gasteiger partial charge is 0.496 e. The topological polar surface area (TPSA) is 49.9 Å². The highest BCUT2D eigenvalue weighted by Crippen LogP contribution is 2.28. The third-order valence-corrected chi connectivity index (χ3v) is 3.39. The lowest BCUT2D eigenvalue weighted by atomic mass is 10.0. The fraction of sp³-hybridized carbons (Fsp3) is 0.188. The molecule has 4 heteroatoms. The summed E-state index contributed by atoms with van der Waals surface area (Å²) in [7, 11) is 1.71. The zero-order valence-corrected chi connectivity index (χ0v) is 11.4. The van der Waals surface area contributed by atoms with E-state index in [1.54, 1.807) is 7.11 Å². The van der Waals surface area contributed by atoms with Gasteiger partial charge in [-0.2, -0.15) is 5.10 Å². The molecule has 1 heterocycles. The molecule has 0 bridgehead atoms. The third kappa shape index (κ3) is 2.51. The van der Waals surface area contributed by atoms with Gasteiger partial charge in [-0.1, -0.05) is 30.3 Å². The predicted molar refractivity (Wildman–Crippen MR) is 79.6 cm³/mol. The van der Waals surface area contributed by atoms with Crippen LogP contribution in [0.2, 0.25) is 0 Å². The molecule has 2 N–H and O–H groups in total. The molecule has 3 rings (SSSR count). The molecule has 0 atom stereocenters. The second-order valence-electron chi connectivity index (χ2n) is 4.68. The zero-order valence-electron chi connectivity index (χ0n) is 11.4. The average Bonchev–Trinajstić information content (AvgIpc) is 3.01. The van der Waals surface area contributed by atoms with Gasteiger partial charge in [-0.3, -0.25) is 5.10 Å². The first-order chi connectivity index (χ1) is 9.88. The number of H-pyrrole nitrogens is 1. The summed E-state index contributed by atoms with van der Waals surface area (Å²) in [5.41, 5.74) is 2.42. The molecule has 102 valence electrons. The Bertz CT molecular complexity index is 692. The van der Waals surface area contributed by atoms with E-state index >= 15 is 0 Å². The van der Waals surface area contributed by atoms with Crippen molar-refractivity contribution in [1.82, 2.24) is 15.5 Å². The van der Waals surface area contributed by atoms with Gasteiger partial charge in [0.05, 0.1) is 13.3 Å². The molecule has 0 aliphatic heterocycles. The van der Waals surface area contributed by atoms with Crippen LogP contribution in [-0.2, 0) is 13.1 Å². The van der Waals surface area contributed by atoms with Gasteiger partial charge in [0.25, 0.3) is 0 Å². The smallest absolute Gasteiger partial charge is 0.126 e. The SMILES string of the molecule is COc1ccc(CNCc2cn[nH]c2)c2ccccc12. The molecule has 0 aliphatic carbocycles. The van der Waals surface area contributed by atoms with Crippen LogP contribution in [0.4, 0.5) is 0 Å². The maximum atomic E-state index is 5.41. The standard InChI is InChI=1S/C16H17N3O/c1-20-16-7-6-13(14-4-2-3-5-15(14)16)11-17-8-12-9-18-19-10-12/h2-7,9-10,17H,8,11H2,1H3,(H,18,19). The number of fused-ring (bicyclic) bond motifs is 1. The van der Waals surface area contributed by atoms with Crippen molar-refractivity contribution in [2.75, 3.05) is 7.11 Å². The number of benzene rings is 2. The first-order valence-electron chi connectivity index (χ1n) is 6.61. The van der Waals surface area contributed by atoms with Crippen LogP contribution < -0.4 is 10.1 Å². The number of ether oxygens (including phenoxy) is 1. The molecule has 0 saturated heterocycles. The van der Waals surface area contributed by atoms with Gasteiger partial charge in [0.15, 0.2) is 0 Å². The van der Waals surface area contributed by atoms with Crippen molar-refractivity contribution in [2.45, 2.75) is 13.1 Å². The van der Waals surface area contributed by atoms with E-state index in [4.69, 9.17) is 4.74 Å². The Kier molecular flexibility index (Phi) is 3.65. The molecule has 0 aliphatic rings.